The number of carbonyl (C=O) groups excluding carboxylic acids is 3. The predicted molar refractivity (Wildman–Crippen MR) is 330 cm³/mol. The Morgan fingerprint density at radius 1 is 0.276 bits per heavy atom. The highest BCUT2D eigenvalue weighted by Crippen LogP contribution is 2.17. The van der Waals surface area contributed by atoms with Gasteiger partial charge in [-0.15, -0.1) is 0 Å². The molecule has 0 saturated carbocycles. The molecular formula is C70H122O6. The topological polar surface area (TPSA) is 78.9 Å². The molecule has 0 aliphatic heterocycles. The van der Waals surface area contributed by atoms with Gasteiger partial charge in [-0.2, -0.15) is 0 Å². The minimum Gasteiger partial charge on any atom is -0.462 e. The van der Waals surface area contributed by atoms with Crippen molar-refractivity contribution in [3.8, 4) is 0 Å². The van der Waals surface area contributed by atoms with Crippen LogP contribution in [0, 0.1) is 0 Å². The van der Waals surface area contributed by atoms with E-state index in [-0.39, 0.29) is 31.1 Å². The van der Waals surface area contributed by atoms with Crippen LogP contribution in [-0.2, 0) is 28.6 Å². The summed E-state index contributed by atoms with van der Waals surface area (Å²) in [5.41, 5.74) is 0. The van der Waals surface area contributed by atoms with Crippen LogP contribution in [0.5, 0.6) is 0 Å². The summed E-state index contributed by atoms with van der Waals surface area (Å²) in [5, 5.41) is 0. The number of unbranched alkanes of at least 4 members (excludes halogenated alkanes) is 34. The third-order valence-corrected chi connectivity index (χ3v) is 14.1. The van der Waals surface area contributed by atoms with Crippen molar-refractivity contribution in [1.82, 2.24) is 0 Å². The number of esters is 3. The predicted octanol–water partition coefficient (Wildman–Crippen LogP) is 22.3. The van der Waals surface area contributed by atoms with E-state index in [1.165, 1.54) is 173 Å². The van der Waals surface area contributed by atoms with Gasteiger partial charge in [0, 0.05) is 19.3 Å². The minimum atomic E-state index is -0.784. The fourth-order valence-electron chi connectivity index (χ4n) is 9.27. The number of allylic oxidation sites excluding steroid dienone is 14. The zero-order valence-corrected chi connectivity index (χ0v) is 50.3. The second kappa shape index (κ2) is 64.1. The lowest BCUT2D eigenvalue weighted by atomic mass is 10.0. The standard InChI is InChI=1S/C70H122O6/c1-4-7-10-13-16-19-22-25-28-30-32-33-34-35-36-37-39-40-42-45-48-51-54-57-60-63-69(72)75-66-67(65-74-68(71)62-59-56-53-50-47-44-27-24-21-18-15-12-9-6-3)76-70(73)64-61-58-55-52-49-46-43-41-38-31-29-26-23-20-17-14-11-8-5-2/h7,10,16-17,19-20,25-26,28-29,32-33,38,41,67H,4-6,8-9,11-15,18,21-24,27,30-31,34-37,39-40,42-66H2,1-3H3/b10-7-,19-16-,20-17-,28-25-,29-26-,33-32-,41-38-. The Bertz CT molecular complexity index is 1450. The van der Waals surface area contributed by atoms with E-state index in [0.717, 1.165) is 109 Å². The van der Waals surface area contributed by atoms with E-state index in [1.807, 2.05) is 0 Å². The molecule has 0 aromatic heterocycles. The van der Waals surface area contributed by atoms with Crippen LogP contribution in [-0.4, -0.2) is 37.2 Å². The maximum absolute atomic E-state index is 12.9. The lowest BCUT2D eigenvalue weighted by Crippen LogP contribution is -2.30. The maximum atomic E-state index is 12.9. The van der Waals surface area contributed by atoms with Gasteiger partial charge in [-0.05, 0) is 96.3 Å². The Labute approximate surface area is 471 Å². The van der Waals surface area contributed by atoms with Crippen molar-refractivity contribution in [1.29, 1.82) is 0 Å². The monoisotopic (exact) mass is 1060 g/mol. The zero-order chi connectivity index (χ0) is 55.0. The molecule has 0 bridgehead atoms. The molecule has 0 aromatic rings. The van der Waals surface area contributed by atoms with Gasteiger partial charge >= 0.3 is 17.9 Å². The molecule has 0 radical (unpaired) electrons. The molecule has 6 nitrogen and oxygen atoms in total. The van der Waals surface area contributed by atoms with E-state index in [1.54, 1.807) is 0 Å². The van der Waals surface area contributed by atoms with E-state index in [2.05, 4.69) is 106 Å². The smallest absolute Gasteiger partial charge is 0.306 e. The summed E-state index contributed by atoms with van der Waals surface area (Å²) < 4.78 is 16.9. The number of carbonyl (C=O) groups is 3. The second-order valence-corrected chi connectivity index (χ2v) is 21.6. The Morgan fingerprint density at radius 3 is 0.829 bits per heavy atom. The number of rotatable bonds is 59. The van der Waals surface area contributed by atoms with Gasteiger partial charge in [0.25, 0.3) is 0 Å². The molecule has 76 heavy (non-hydrogen) atoms. The van der Waals surface area contributed by atoms with Crippen LogP contribution in [0.2, 0.25) is 0 Å². The summed E-state index contributed by atoms with van der Waals surface area (Å²) >= 11 is 0. The van der Waals surface area contributed by atoms with Gasteiger partial charge in [0.15, 0.2) is 6.10 Å². The maximum Gasteiger partial charge on any atom is 0.306 e. The fourth-order valence-corrected chi connectivity index (χ4v) is 9.27. The third-order valence-electron chi connectivity index (χ3n) is 14.1. The average Bonchev–Trinajstić information content (AvgIpc) is 3.42. The van der Waals surface area contributed by atoms with Crippen LogP contribution in [0.4, 0.5) is 0 Å². The average molecular weight is 1060 g/mol. The number of hydrogen-bond acceptors (Lipinski definition) is 6. The van der Waals surface area contributed by atoms with Gasteiger partial charge in [0.2, 0.25) is 0 Å². The molecule has 0 amide bonds. The molecule has 0 aromatic carbocycles. The van der Waals surface area contributed by atoms with E-state index in [9.17, 15) is 14.4 Å². The first kappa shape index (κ1) is 72.6. The summed E-state index contributed by atoms with van der Waals surface area (Å²) in [4.78, 5) is 38.3. The molecule has 6 heteroatoms. The van der Waals surface area contributed by atoms with Crippen LogP contribution >= 0.6 is 0 Å². The van der Waals surface area contributed by atoms with Crippen LogP contribution in [0.3, 0.4) is 0 Å². The molecule has 0 saturated heterocycles. The van der Waals surface area contributed by atoms with E-state index < -0.39 is 6.10 Å². The van der Waals surface area contributed by atoms with Crippen molar-refractivity contribution in [2.45, 2.75) is 329 Å². The van der Waals surface area contributed by atoms with Gasteiger partial charge in [-0.25, -0.2) is 0 Å². The van der Waals surface area contributed by atoms with Crippen molar-refractivity contribution in [2.24, 2.45) is 0 Å². The minimum absolute atomic E-state index is 0.0790. The first-order valence-electron chi connectivity index (χ1n) is 32.6. The third kappa shape index (κ3) is 61.4. The summed E-state index contributed by atoms with van der Waals surface area (Å²) in [6.45, 7) is 6.53. The highest BCUT2D eigenvalue weighted by molar-refractivity contribution is 5.71. The van der Waals surface area contributed by atoms with Crippen molar-refractivity contribution < 1.29 is 28.6 Å². The fraction of sp³-hybridized carbons (Fsp3) is 0.757. The van der Waals surface area contributed by atoms with Crippen molar-refractivity contribution in [2.75, 3.05) is 13.2 Å². The molecular weight excluding hydrogens is 937 g/mol. The van der Waals surface area contributed by atoms with E-state index in [4.69, 9.17) is 14.2 Å². The molecule has 0 rings (SSSR count). The van der Waals surface area contributed by atoms with E-state index in [0.29, 0.717) is 19.3 Å². The summed E-state index contributed by atoms with van der Waals surface area (Å²) in [7, 11) is 0. The molecule has 0 fully saturated rings. The molecule has 0 aliphatic rings. The molecule has 438 valence electrons. The Kier molecular flexibility index (Phi) is 61.2. The first-order valence-corrected chi connectivity index (χ1v) is 32.6. The van der Waals surface area contributed by atoms with Crippen LogP contribution in [0.15, 0.2) is 85.1 Å². The lowest BCUT2D eigenvalue weighted by Gasteiger charge is -2.18. The molecule has 0 spiro atoms. The zero-order valence-electron chi connectivity index (χ0n) is 50.3. The number of hydrogen-bond donors (Lipinski definition) is 0. The van der Waals surface area contributed by atoms with Crippen LogP contribution in [0.25, 0.3) is 0 Å². The molecule has 0 aliphatic carbocycles. The molecule has 0 heterocycles. The molecule has 0 N–H and O–H groups in total. The second-order valence-electron chi connectivity index (χ2n) is 21.6. The van der Waals surface area contributed by atoms with Crippen molar-refractivity contribution in [3.05, 3.63) is 85.1 Å². The highest BCUT2D eigenvalue weighted by Gasteiger charge is 2.19. The quantitative estimate of drug-likeness (QED) is 0.0261. The Hall–Kier alpha value is -3.41. The van der Waals surface area contributed by atoms with Crippen molar-refractivity contribution in [3.63, 3.8) is 0 Å². The SMILES string of the molecule is CC/C=C\C/C=C\C/C=C\C/C=C\CCCCCCCCCCCCCCC(=O)OCC(COC(=O)CCCCCCCCCCCCCCCC)OC(=O)CCCCCCCC/C=C\C/C=C\C/C=C\CCCCC. The highest BCUT2D eigenvalue weighted by atomic mass is 16.6. The first-order chi connectivity index (χ1) is 37.5. The normalized spacial score (nSPS) is 12.6. The van der Waals surface area contributed by atoms with Gasteiger partial charge in [0.05, 0.1) is 0 Å². The number of ether oxygens (including phenoxy) is 3. The molecule has 1 unspecified atom stereocenters. The van der Waals surface area contributed by atoms with E-state index >= 15 is 0 Å². The van der Waals surface area contributed by atoms with Gasteiger partial charge in [-0.3, -0.25) is 14.4 Å². The Balaban J connectivity index is 4.33. The van der Waals surface area contributed by atoms with Crippen LogP contribution < -0.4 is 0 Å². The molecule has 1 atom stereocenters. The van der Waals surface area contributed by atoms with Gasteiger partial charge < -0.3 is 14.2 Å². The summed E-state index contributed by atoms with van der Waals surface area (Å²) in [6, 6.07) is 0. The lowest BCUT2D eigenvalue weighted by molar-refractivity contribution is -0.167. The summed E-state index contributed by atoms with van der Waals surface area (Å²) in [5.74, 6) is -0.879. The van der Waals surface area contributed by atoms with Gasteiger partial charge in [0.1, 0.15) is 13.2 Å². The van der Waals surface area contributed by atoms with Crippen LogP contribution in [0.1, 0.15) is 323 Å². The van der Waals surface area contributed by atoms with Crippen molar-refractivity contribution >= 4 is 17.9 Å². The van der Waals surface area contributed by atoms with Gasteiger partial charge in [-0.1, -0.05) is 292 Å². The largest absolute Gasteiger partial charge is 0.462 e. The summed E-state index contributed by atoms with van der Waals surface area (Å²) in [6.07, 6.45) is 84.4. The Morgan fingerprint density at radius 2 is 0.513 bits per heavy atom.